The molecule has 1 aliphatic rings. The zero-order valence-electron chi connectivity index (χ0n) is 12.1. The van der Waals surface area contributed by atoms with Gasteiger partial charge < -0.3 is 9.47 Å². The maximum absolute atomic E-state index is 8.58. The topological polar surface area (TPSA) is 66.0 Å². The van der Waals surface area contributed by atoms with Crippen molar-refractivity contribution in [3.05, 3.63) is 0 Å². The Morgan fingerprint density at radius 3 is 2.22 bits per heavy atom. The standard InChI is InChI=1S/C12H18N2O2.C2H6/c1-11(2)4-10(16-9-14)5-12(3,6-11)7-15-8-13;1-2/h10H,4-7H2,1-3H3;1-2H3. The highest BCUT2D eigenvalue weighted by Crippen LogP contribution is 2.47. The normalized spacial score (nSPS) is 28.9. The Labute approximate surface area is 110 Å². The Morgan fingerprint density at radius 2 is 1.72 bits per heavy atom. The molecular formula is C14H24N2O2. The summed E-state index contributed by atoms with van der Waals surface area (Å²) in [6.45, 7) is 10.8. The van der Waals surface area contributed by atoms with Crippen LogP contribution in [0.5, 0.6) is 0 Å². The lowest BCUT2D eigenvalue weighted by Gasteiger charge is -2.44. The van der Waals surface area contributed by atoms with E-state index in [-0.39, 0.29) is 16.9 Å². The zero-order chi connectivity index (χ0) is 14.2. The minimum Gasteiger partial charge on any atom is -0.427 e. The van der Waals surface area contributed by atoms with Gasteiger partial charge in [-0.25, -0.2) is 0 Å². The van der Waals surface area contributed by atoms with Crippen molar-refractivity contribution in [1.29, 1.82) is 10.5 Å². The molecule has 4 heteroatoms. The van der Waals surface area contributed by atoms with Crippen LogP contribution in [0.2, 0.25) is 0 Å². The second-order valence-electron chi connectivity index (χ2n) is 5.77. The molecule has 0 aliphatic heterocycles. The molecule has 1 rings (SSSR count). The number of hydrogen-bond acceptors (Lipinski definition) is 4. The van der Waals surface area contributed by atoms with Gasteiger partial charge in [0.05, 0.1) is 0 Å². The molecule has 18 heavy (non-hydrogen) atoms. The van der Waals surface area contributed by atoms with Gasteiger partial charge in [0.1, 0.15) is 12.7 Å². The van der Waals surface area contributed by atoms with E-state index in [2.05, 4.69) is 20.8 Å². The van der Waals surface area contributed by atoms with Gasteiger partial charge in [0.25, 0.3) is 12.5 Å². The second kappa shape index (κ2) is 7.11. The Morgan fingerprint density at radius 1 is 1.11 bits per heavy atom. The SMILES string of the molecule is CC.CC1(C)CC(OC#N)CC(C)(COC#N)C1. The Hall–Kier alpha value is -1.42. The monoisotopic (exact) mass is 252 g/mol. The molecule has 0 N–H and O–H groups in total. The molecule has 2 atom stereocenters. The van der Waals surface area contributed by atoms with Gasteiger partial charge in [0, 0.05) is 5.41 Å². The molecule has 2 unspecified atom stereocenters. The molecule has 0 heterocycles. The fraction of sp³-hybridized carbons (Fsp3) is 0.857. The highest BCUT2D eigenvalue weighted by Gasteiger charge is 2.42. The van der Waals surface area contributed by atoms with E-state index in [1.165, 1.54) is 0 Å². The van der Waals surface area contributed by atoms with Crippen LogP contribution in [0.3, 0.4) is 0 Å². The molecular weight excluding hydrogens is 228 g/mol. The van der Waals surface area contributed by atoms with Gasteiger partial charge in [-0.1, -0.05) is 34.6 Å². The molecule has 0 aromatic rings. The zero-order valence-corrected chi connectivity index (χ0v) is 12.1. The van der Waals surface area contributed by atoms with E-state index in [1.54, 1.807) is 12.5 Å². The maximum Gasteiger partial charge on any atom is 0.286 e. The molecule has 0 aromatic carbocycles. The highest BCUT2D eigenvalue weighted by molar-refractivity contribution is 4.93. The van der Waals surface area contributed by atoms with Crippen molar-refractivity contribution >= 4 is 0 Å². The quantitative estimate of drug-likeness (QED) is 0.720. The molecule has 0 aromatic heterocycles. The van der Waals surface area contributed by atoms with Crippen LogP contribution in [0, 0.1) is 33.9 Å². The lowest BCUT2D eigenvalue weighted by molar-refractivity contribution is -0.0364. The summed E-state index contributed by atoms with van der Waals surface area (Å²) in [5, 5.41) is 17.0. The molecule has 0 saturated heterocycles. The highest BCUT2D eigenvalue weighted by atomic mass is 16.5. The van der Waals surface area contributed by atoms with Crippen LogP contribution < -0.4 is 0 Å². The first-order valence-corrected chi connectivity index (χ1v) is 6.46. The van der Waals surface area contributed by atoms with Crippen LogP contribution in [-0.4, -0.2) is 12.7 Å². The molecule has 0 radical (unpaired) electrons. The van der Waals surface area contributed by atoms with E-state index in [0.717, 1.165) is 19.3 Å². The minimum absolute atomic E-state index is 0.0546. The van der Waals surface area contributed by atoms with Gasteiger partial charge >= 0.3 is 0 Å². The summed E-state index contributed by atoms with van der Waals surface area (Å²) in [4.78, 5) is 0. The Bertz CT molecular complexity index is 328. The first-order valence-electron chi connectivity index (χ1n) is 6.46. The van der Waals surface area contributed by atoms with Gasteiger partial charge in [0.2, 0.25) is 0 Å². The molecule has 1 aliphatic carbocycles. The number of nitriles is 2. The summed E-state index contributed by atoms with van der Waals surface area (Å²) < 4.78 is 9.92. The third-order valence-electron chi connectivity index (χ3n) is 3.11. The van der Waals surface area contributed by atoms with Gasteiger partial charge in [-0.05, 0) is 24.7 Å². The molecule has 0 bridgehead atoms. The van der Waals surface area contributed by atoms with Gasteiger partial charge in [0.15, 0.2) is 0 Å². The summed E-state index contributed by atoms with van der Waals surface area (Å²) in [5.41, 5.74) is 0.0341. The van der Waals surface area contributed by atoms with E-state index < -0.39 is 0 Å². The van der Waals surface area contributed by atoms with Crippen LogP contribution in [0.15, 0.2) is 0 Å². The Kier molecular flexibility index (Phi) is 6.55. The smallest absolute Gasteiger partial charge is 0.286 e. The fourth-order valence-electron chi connectivity index (χ4n) is 3.01. The van der Waals surface area contributed by atoms with Gasteiger partial charge in [-0.2, -0.15) is 10.5 Å². The molecule has 1 saturated carbocycles. The third-order valence-corrected chi connectivity index (χ3v) is 3.11. The molecule has 1 fully saturated rings. The van der Waals surface area contributed by atoms with Crippen LogP contribution >= 0.6 is 0 Å². The number of rotatable bonds is 3. The molecule has 0 spiro atoms. The number of ether oxygens (including phenoxy) is 2. The molecule has 0 amide bonds. The summed E-state index contributed by atoms with van der Waals surface area (Å²) in [6.07, 6.45) is 6.04. The predicted octanol–water partition coefficient (Wildman–Crippen LogP) is 3.59. The van der Waals surface area contributed by atoms with Crippen molar-refractivity contribution < 1.29 is 9.47 Å². The first kappa shape index (κ1) is 16.6. The van der Waals surface area contributed by atoms with Crippen molar-refractivity contribution in [2.75, 3.05) is 6.61 Å². The van der Waals surface area contributed by atoms with E-state index in [9.17, 15) is 0 Å². The van der Waals surface area contributed by atoms with Crippen molar-refractivity contribution in [2.45, 2.75) is 60.0 Å². The number of hydrogen-bond donors (Lipinski definition) is 0. The van der Waals surface area contributed by atoms with E-state index in [1.807, 2.05) is 13.8 Å². The average Bonchev–Trinajstić information content (AvgIpc) is 2.27. The van der Waals surface area contributed by atoms with Crippen LogP contribution in [-0.2, 0) is 9.47 Å². The van der Waals surface area contributed by atoms with Crippen molar-refractivity contribution in [3.63, 3.8) is 0 Å². The first-order chi connectivity index (χ1) is 8.41. The summed E-state index contributed by atoms with van der Waals surface area (Å²) in [7, 11) is 0. The van der Waals surface area contributed by atoms with Crippen molar-refractivity contribution in [3.8, 4) is 12.5 Å². The van der Waals surface area contributed by atoms with Crippen molar-refractivity contribution in [1.82, 2.24) is 0 Å². The summed E-state index contributed by atoms with van der Waals surface area (Å²) >= 11 is 0. The summed E-state index contributed by atoms with van der Waals surface area (Å²) in [5.74, 6) is 0. The maximum atomic E-state index is 8.58. The molecule has 4 nitrogen and oxygen atoms in total. The fourth-order valence-corrected chi connectivity index (χ4v) is 3.01. The van der Waals surface area contributed by atoms with E-state index in [0.29, 0.717) is 6.61 Å². The van der Waals surface area contributed by atoms with Crippen LogP contribution in [0.1, 0.15) is 53.9 Å². The summed E-state index contributed by atoms with van der Waals surface area (Å²) in [6, 6.07) is 0. The minimum atomic E-state index is -0.0843. The average molecular weight is 252 g/mol. The lowest BCUT2D eigenvalue weighted by Crippen LogP contribution is -2.41. The largest absolute Gasteiger partial charge is 0.427 e. The lowest BCUT2D eigenvalue weighted by atomic mass is 9.64. The predicted molar refractivity (Wildman–Crippen MR) is 69.1 cm³/mol. The third kappa shape index (κ3) is 5.27. The van der Waals surface area contributed by atoms with E-state index >= 15 is 0 Å². The second-order valence-corrected chi connectivity index (χ2v) is 5.77. The van der Waals surface area contributed by atoms with Gasteiger partial charge in [-0.3, -0.25) is 0 Å². The van der Waals surface area contributed by atoms with Crippen molar-refractivity contribution in [2.24, 2.45) is 10.8 Å². The van der Waals surface area contributed by atoms with E-state index in [4.69, 9.17) is 20.0 Å². The number of nitrogens with zero attached hydrogens (tertiary/aromatic N) is 2. The molecule has 102 valence electrons. The van der Waals surface area contributed by atoms with Gasteiger partial charge in [-0.15, -0.1) is 0 Å². The van der Waals surface area contributed by atoms with Crippen LogP contribution in [0.25, 0.3) is 0 Å². The van der Waals surface area contributed by atoms with Crippen LogP contribution in [0.4, 0.5) is 0 Å². The Balaban J connectivity index is 0.00000137.